The Morgan fingerprint density at radius 1 is 0.926 bits per heavy atom. The number of pyridine rings is 1. The molecule has 0 spiro atoms. The Labute approximate surface area is 161 Å². The third kappa shape index (κ3) is 4.83. The monoisotopic (exact) mass is 381 g/mol. The zero-order chi connectivity index (χ0) is 19.2. The first kappa shape index (κ1) is 18.4. The molecule has 0 fully saturated rings. The number of rotatable bonds is 5. The number of halogens is 1. The maximum absolute atomic E-state index is 12.5. The molecule has 0 aliphatic carbocycles. The van der Waals surface area contributed by atoms with E-state index in [0.717, 1.165) is 0 Å². The van der Waals surface area contributed by atoms with E-state index in [1.54, 1.807) is 55.6 Å². The average Bonchev–Trinajstić information content (AvgIpc) is 2.70. The molecule has 0 radical (unpaired) electrons. The van der Waals surface area contributed by atoms with Crippen LogP contribution < -0.4 is 15.4 Å². The van der Waals surface area contributed by atoms with Crippen molar-refractivity contribution in [2.45, 2.75) is 0 Å². The molecule has 0 saturated heterocycles. The first-order valence-electron chi connectivity index (χ1n) is 8.03. The van der Waals surface area contributed by atoms with Gasteiger partial charge in [0.1, 0.15) is 11.4 Å². The van der Waals surface area contributed by atoms with Gasteiger partial charge < -0.3 is 15.4 Å². The molecule has 0 unspecified atom stereocenters. The maximum atomic E-state index is 12.5. The number of aromatic nitrogens is 1. The van der Waals surface area contributed by atoms with E-state index < -0.39 is 5.91 Å². The summed E-state index contributed by atoms with van der Waals surface area (Å²) in [5.74, 6) is -0.148. The predicted molar refractivity (Wildman–Crippen MR) is 105 cm³/mol. The number of nitrogens with zero attached hydrogens (tertiary/aromatic N) is 1. The zero-order valence-electron chi connectivity index (χ0n) is 14.4. The zero-order valence-corrected chi connectivity index (χ0v) is 15.2. The van der Waals surface area contributed by atoms with Gasteiger partial charge in [0.25, 0.3) is 11.8 Å². The van der Waals surface area contributed by atoms with Gasteiger partial charge in [-0.2, -0.15) is 0 Å². The minimum Gasteiger partial charge on any atom is -0.497 e. The lowest BCUT2D eigenvalue weighted by Gasteiger charge is -2.08. The number of hydrogen-bond acceptors (Lipinski definition) is 4. The second kappa shape index (κ2) is 8.33. The van der Waals surface area contributed by atoms with Crippen molar-refractivity contribution in [3.05, 3.63) is 83.1 Å². The Morgan fingerprint density at radius 2 is 1.67 bits per heavy atom. The SMILES string of the molecule is COc1cccc(NC(=O)c2ccnc(C(=O)Nc3ccc(Cl)cc3)c2)c1. The van der Waals surface area contributed by atoms with E-state index in [1.807, 2.05) is 0 Å². The van der Waals surface area contributed by atoms with Gasteiger partial charge in [0, 0.05) is 34.2 Å². The smallest absolute Gasteiger partial charge is 0.274 e. The molecule has 0 aliphatic heterocycles. The van der Waals surface area contributed by atoms with Crippen molar-refractivity contribution in [1.82, 2.24) is 4.98 Å². The quantitative estimate of drug-likeness (QED) is 0.692. The number of carbonyl (C=O) groups excluding carboxylic acids is 2. The topological polar surface area (TPSA) is 80.3 Å². The number of benzene rings is 2. The van der Waals surface area contributed by atoms with E-state index in [1.165, 1.54) is 18.3 Å². The molecule has 7 heteroatoms. The fourth-order valence-electron chi connectivity index (χ4n) is 2.33. The van der Waals surface area contributed by atoms with Crippen LogP contribution in [0.4, 0.5) is 11.4 Å². The Balaban J connectivity index is 1.73. The van der Waals surface area contributed by atoms with Gasteiger partial charge in [-0.25, -0.2) is 0 Å². The largest absolute Gasteiger partial charge is 0.497 e. The van der Waals surface area contributed by atoms with Gasteiger partial charge in [0.05, 0.1) is 7.11 Å². The molecule has 0 aliphatic rings. The molecule has 0 saturated carbocycles. The minimum absolute atomic E-state index is 0.128. The third-order valence-corrected chi connectivity index (χ3v) is 3.94. The summed E-state index contributed by atoms with van der Waals surface area (Å²) in [7, 11) is 1.55. The summed E-state index contributed by atoms with van der Waals surface area (Å²) in [5.41, 5.74) is 1.61. The fourth-order valence-corrected chi connectivity index (χ4v) is 2.45. The van der Waals surface area contributed by atoms with Crippen molar-refractivity contribution in [2.24, 2.45) is 0 Å². The molecule has 0 bridgehead atoms. The first-order chi connectivity index (χ1) is 13.0. The molecule has 2 amide bonds. The molecule has 136 valence electrons. The molecule has 3 aromatic rings. The number of carbonyl (C=O) groups is 2. The number of anilines is 2. The third-order valence-electron chi connectivity index (χ3n) is 3.68. The van der Waals surface area contributed by atoms with Crippen molar-refractivity contribution < 1.29 is 14.3 Å². The normalized spacial score (nSPS) is 10.1. The van der Waals surface area contributed by atoms with Crippen LogP contribution in [0, 0.1) is 0 Å². The van der Waals surface area contributed by atoms with Crippen LogP contribution in [-0.4, -0.2) is 23.9 Å². The average molecular weight is 382 g/mol. The Kier molecular flexibility index (Phi) is 5.68. The van der Waals surface area contributed by atoms with Crippen molar-refractivity contribution in [3.63, 3.8) is 0 Å². The van der Waals surface area contributed by atoms with E-state index in [-0.39, 0.29) is 11.6 Å². The van der Waals surface area contributed by atoms with E-state index in [2.05, 4.69) is 15.6 Å². The van der Waals surface area contributed by atoms with Crippen LogP contribution in [0.3, 0.4) is 0 Å². The molecular formula is C20H16ClN3O3. The number of amides is 2. The summed E-state index contributed by atoms with van der Waals surface area (Å²) in [4.78, 5) is 28.9. The number of ether oxygens (including phenoxy) is 1. The predicted octanol–water partition coefficient (Wildman–Crippen LogP) is 4.25. The number of nitrogens with one attached hydrogen (secondary N) is 2. The second-order valence-electron chi connectivity index (χ2n) is 5.58. The molecule has 2 aromatic carbocycles. The number of hydrogen-bond donors (Lipinski definition) is 2. The van der Waals surface area contributed by atoms with Crippen LogP contribution in [0.5, 0.6) is 5.75 Å². The fraction of sp³-hybridized carbons (Fsp3) is 0.0500. The highest BCUT2D eigenvalue weighted by Gasteiger charge is 2.13. The summed E-state index contributed by atoms with van der Waals surface area (Å²) in [6.07, 6.45) is 1.41. The van der Waals surface area contributed by atoms with E-state index in [9.17, 15) is 9.59 Å². The van der Waals surface area contributed by atoms with Gasteiger partial charge in [0.2, 0.25) is 0 Å². The second-order valence-corrected chi connectivity index (χ2v) is 6.01. The Morgan fingerprint density at radius 3 is 2.41 bits per heavy atom. The summed E-state index contributed by atoms with van der Waals surface area (Å²) in [6.45, 7) is 0. The molecule has 1 heterocycles. The van der Waals surface area contributed by atoms with Crippen LogP contribution in [-0.2, 0) is 0 Å². The molecule has 27 heavy (non-hydrogen) atoms. The van der Waals surface area contributed by atoms with E-state index >= 15 is 0 Å². The maximum Gasteiger partial charge on any atom is 0.274 e. The van der Waals surface area contributed by atoms with Crippen LogP contribution in [0.1, 0.15) is 20.8 Å². The van der Waals surface area contributed by atoms with Gasteiger partial charge in [0.15, 0.2) is 0 Å². The van der Waals surface area contributed by atoms with Crippen molar-refractivity contribution in [1.29, 1.82) is 0 Å². The van der Waals surface area contributed by atoms with Crippen LogP contribution in [0.2, 0.25) is 5.02 Å². The van der Waals surface area contributed by atoms with Gasteiger partial charge in [-0.1, -0.05) is 17.7 Å². The molecule has 6 nitrogen and oxygen atoms in total. The van der Waals surface area contributed by atoms with Crippen LogP contribution >= 0.6 is 11.6 Å². The lowest BCUT2D eigenvalue weighted by Crippen LogP contribution is -2.17. The standard InChI is InChI=1S/C20H16ClN3O3/c1-27-17-4-2-3-16(12-17)24-19(25)13-9-10-22-18(11-13)20(26)23-15-7-5-14(21)6-8-15/h2-12H,1H3,(H,23,26)(H,24,25). The van der Waals surface area contributed by atoms with Crippen molar-refractivity contribution >= 4 is 34.8 Å². The number of methoxy groups -OCH3 is 1. The molecular weight excluding hydrogens is 366 g/mol. The van der Waals surface area contributed by atoms with Crippen molar-refractivity contribution in [3.8, 4) is 5.75 Å². The minimum atomic E-state index is -0.423. The molecule has 3 rings (SSSR count). The van der Waals surface area contributed by atoms with E-state index in [0.29, 0.717) is 27.7 Å². The first-order valence-corrected chi connectivity index (χ1v) is 8.41. The highest BCUT2D eigenvalue weighted by Crippen LogP contribution is 2.18. The summed E-state index contributed by atoms with van der Waals surface area (Å²) in [6, 6.07) is 16.7. The lowest BCUT2D eigenvalue weighted by atomic mass is 10.2. The van der Waals surface area contributed by atoms with Crippen molar-refractivity contribution in [2.75, 3.05) is 17.7 Å². The summed E-state index contributed by atoms with van der Waals surface area (Å²) < 4.78 is 5.13. The van der Waals surface area contributed by atoms with Gasteiger partial charge in [-0.05, 0) is 48.5 Å². The summed E-state index contributed by atoms with van der Waals surface area (Å²) >= 11 is 5.83. The summed E-state index contributed by atoms with van der Waals surface area (Å²) in [5, 5.41) is 6.04. The van der Waals surface area contributed by atoms with E-state index in [4.69, 9.17) is 16.3 Å². The Hall–Kier alpha value is -3.38. The molecule has 1 aromatic heterocycles. The van der Waals surface area contributed by atoms with Gasteiger partial charge >= 0.3 is 0 Å². The lowest BCUT2D eigenvalue weighted by molar-refractivity contribution is 0.102. The van der Waals surface area contributed by atoms with Crippen LogP contribution in [0.15, 0.2) is 66.9 Å². The molecule has 2 N–H and O–H groups in total. The highest BCUT2D eigenvalue weighted by atomic mass is 35.5. The van der Waals surface area contributed by atoms with Gasteiger partial charge in [-0.15, -0.1) is 0 Å². The van der Waals surface area contributed by atoms with Crippen LogP contribution in [0.25, 0.3) is 0 Å². The van der Waals surface area contributed by atoms with Gasteiger partial charge in [-0.3, -0.25) is 14.6 Å². The highest BCUT2D eigenvalue weighted by molar-refractivity contribution is 6.30. The Bertz CT molecular complexity index is 974. The molecule has 0 atom stereocenters.